The van der Waals surface area contributed by atoms with Crippen molar-refractivity contribution in [3.63, 3.8) is 0 Å². The van der Waals surface area contributed by atoms with Crippen molar-refractivity contribution in [3.05, 3.63) is 23.9 Å². The lowest BCUT2D eigenvalue weighted by Crippen LogP contribution is -2.28. The number of carbonyl (C=O) groups is 1. The van der Waals surface area contributed by atoms with Gasteiger partial charge in [0.25, 0.3) is 5.91 Å². The first-order valence-electron chi connectivity index (χ1n) is 5.92. The Kier molecular flexibility index (Phi) is 5.71. The summed E-state index contributed by atoms with van der Waals surface area (Å²) < 4.78 is 21.4. The second kappa shape index (κ2) is 7.05. The third kappa shape index (κ3) is 6.16. The molecule has 0 aliphatic rings. The van der Waals surface area contributed by atoms with Gasteiger partial charge in [0, 0.05) is 13.1 Å². The number of nitrogens with two attached hydrogens (primary N) is 1. The summed E-state index contributed by atoms with van der Waals surface area (Å²) in [5.41, 5.74) is 0.286. The molecule has 1 aromatic heterocycles. The van der Waals surface area contributed by atoms with Crippen LogP contribution in [0, 0.1) is 0 Å². The minimum absolute atomic E-state index is 0.155. The first-order valence-corrected chi connectivity index (χ1v) is 7.63. The average Bonchev–Trinajstić information content (AvgIpc) is 2.34. The highest BCUT2D eigenvalue weighted by Crippen LogP contribution is 2.04. The largest absolute Gasteiger partial charge is 0.370 e. The van der Waals surface area contributed by atoms with Crippen molar-refractivity contribution < 1.29 is 13.2 Å². The number of nitrogens with zero attached hydrogens (tertiary/aromatic N) is 1. The number of aromatic nitrogens is 1. The number of hydrogen-bond donors (Lipinski definition) is 3. The molecule has 0 aliphatic carbocycles. The van der Waals surface area contributed by atoms with Gasteiger partial charge in [-0.05, 0) is 25.5 Å². The monoisotopic (exact) mass is 286 g/mol. The van der Waals surface area contributed by atoms with Gasteiger partial charge in [-0.3, -0.25) is 4.79 Å². The molecule has 4 N–H and O–H groups in total. The molecule has 1 heterocycles. The lowest BCUT2D eigenvalue weighted by Gasteiger charge is -2.06. The zero-order valence-corrected chi connectivity index (χ0v) is 11.5. The molecule has 0 saturated heterocycles. The average molecular weight is 286 g/mol. The van der Waals surface area contributed by atoms with E-state index in [4.69, 9.17) is 5.14 Å². The van der Waals surface area contributed by atoms with Gasteiger partial charge >= 0.3 is 0 Å². The fourth-order valence-corrected chi connectivity index (χ4v) is 1.95. The van der Waals surface area contributed by atoms with E-state index in [-0.39, 0.29) is 30.3 Å². The van der Waals surface area contributed by atoms with E-state index < -0.39 is 10.0 Å². The van der Waals surface area contributed by atoms with Crippen LogP contribution in [0.4, 0.5) is 5.82 Å². The first-order chi connectivity index (χ1) is 8.92. The van der Waals surface area contributed by atoms with Gasteiger partial charge in [-0.2, -0.15) is 0 Å². The fraction of sp³-hybridized carbons (Fsp3) is 0.455. The molecule has 1 rings (SSSR count). The number of amides is 1. The summed E-state index contributed by atoms with van der Waals surface area (Å²) in [5.74, 6) is 0.131. The van der Waals surface area contributed by atoms with E-state index in [1.165, 1.54) is 0 Å². The minimum Gasteiger partial charge on any atom is -0.370 e. The van der Waals surface area contributed by atoms with Crippen LogP contribution in [0.2, 0.25) is 0 Å². The summed E-state index contributed by atoms with van der Waals surface area (Å²) in [6.45, 7) is 2.89. The predicted molar refractivity (Wildman–Crippen MR) is 73.3 cm³/mol. The molecule has 0 atom stereocenters. The zero-order valence-electron chi connectivity index (χ0n) is 10.7. The Balaban J connectivity index is 2.47. The standard InChI is InChI=1S/C11H18N4O3S/c1-2-13-10-6-3-5-9(15-10)11(16)14-7-4-8-19(12,17)18/h3,5-6H,2,4,7-8H2,1H3,(H,13,15)(H,14,16)(H2,12,17,18). The molecule has 106 valence electrons. The summed E-state index contributed by atoms with van der Waals surface area (Å²) >= 11 is 0. The SMILES string of the molecule is CCNc1cccc(C(=O)NCCCS(N)(=O)=O)n1. The van der Waals surface area contributed by atoms with Crippen LogP contribution in [-0.2, 0) is 10.0 Å². The number of carbonyl (C=O) groups excluding carboxylic acids is 1. The molecule has 19 heavy (non-hydrogen) atoms. The molecule has 1 aromatic rings. The fourth-order valence-electron chi connectivity index (χ4n) is 1.41. The Morgan fingerprint density at radius 2 is 2.16 bits per heavy atom. The van der Waals surface area contributed by atoms with Crippen molar-refractivity contribution in [1.29, 1.82) is 0 Å². The summed E-state index contributed by atoms with van der Waals surface area (Å²) in [6.07, 6.45) is 0.275. The van der Waals surface area contributed by atoms with Crippen LogP contribution < -0.4 is 15.8 Å². The molecule has 0 unspecified atom stereocenters. The van der Waals surface area contributed by atoms with Crippen LogP contribution >= 0.6 is 0 Å². The van der Waals surface area contributed by atoms with Gasteiger partial charge in [-0.1, -0.05) is 6.07 Å². The van der Waals surface area contributed by atoms with Crippen LogP contribution in [0.15, 0.2) is 18.2 Å². The summed E-state index contributed by atoms with van der Waals surface area (Å²) in [7, 11) is -3.48. The number of hydrogen-bond acceptors (Lipinski definition) is 5. The number of nitrogens with one attached hydrogen (secondary N) is 2. The normalized spacial score (nSPS) is 11.1. The quantitative estimate of drug-likeness (QED) is 0.607. The van der Waals surface area contributed by atoms with E-state index in [2.05, 4.69) is 15.6 Å². The third-order valence-electron chi connectivity index (χ3n) is 2.23. The van der Waals surface area contributed by atoms with Crippen molar-refractivity contribution >= 4 is 21.7 Å². The lowest BCUT2D eigenvalue weighted by atomic mass is 10.3. The molecule has 0 radical (unpaired) electrons. The van der Waals surface area contributed by atoms with Crippen molar-refractivity contribution in [2.24, 2.45) is 5.14 Å². The van der Waals surface area contributed by atoms with Gasteiger partial charge in [0.15, 0.2) is 0 Å². The molecule has 0 spiro atoms. The lowest BCUT2D eigenvalue weighted by molar-refractivity contribution is 0.0949. The molecule has 8 heteroatoms. The number of primary sulfonamides is 1. The third-order valence-corrected chi connectivity index (χ3v) is 3.09. The van der Waals surface area contributed by atoms with Gasteiger partial charge in [0.1, 0.15) is 11.5 Å². The highest BCUT2D eigenvalue weighted by atomic mass is 32.2. The summed E-state index contributed by atoms with van der Waals surface area (Å²) in [4.78, 5) is 15.9. The van der Waals surface area contributed by atoms with Crippen molar-refractivity contribution in [2.45, 2.75) is 13.3 Å². The maximum atomic E-state index is 11.7. The Hall–Kier alpha value is -1.67. The number of sulfonamides is 1. The van der Waals surface area contributed by atoms with Crippen molar-refractivity contribution in [3.8, 4) is 0 Å². The molecule has 0 bridgehead atoms. The number of rotatable bonds is 7. The summed E-state index contributed by atoms with van der Waals surface area (Å²) in [5, 5.41) is 10.5. The molecule has 1 amide bonds. The van der Waals surface area contributed by atoms with E-state index in [1.807, 2.05) is 6.92 Å². The molecule has 0 saturated carbocycles. The molecule has 0 aromatic carbocycles. The molecular weight excluding hydrogens is 268 g/mol. The van der Waals surface area contributed by atoms with E-state index in [9.17, 15) is 13.2 Å². The Bertz CT molecular complexity index is 530. The van der Waals surface area contributed by atoms with Gasteiger partial charge in [-0.15, -0.1) is 0 Å². The molecule has 7 nitrogen and oxygen atoms in total. The zero-order chi connectivity index (χ0) is 14.3. The number of pyridine rings is 1. The topological polar surface area (TPSA) is 114 Å². The van der Waals surface area contributed by atoms with E-state index >= 15 is 0 Å². The second-order valence-electron chi connectivity index (χ2n) is 3.91. The Morgan fingerprint density at radius 1 is 1.42 bits per heavy atom. The maximum Gasteiger partial charge on any atom is 0.269 e. The Labute approximate surface area is 112 Å². The van der Waals surface area contributed by atoms with Gasteiger partial charge in [0.05, 0.1) is 5.75 Å². The molecule has 0 fully saturated rings. The minimum atomic E-state index is -3.48. The van der Waals surface area contributed by atoms with Gasteiger partial charge in [0.2, 0.25) is 10.0 Å². The number of anilines is 1. The van der Waals surface area contributed by atoms with Crippen LogP contribution in [0.1, 0.15) is 23.8 Å². The van der Waals surface area contributed by atoms with Crippen LogP contribution in [-0.4, -0.2) is 38.2 Å². The highest BCUT2D eigenvalue weighted by molar-refractivity contribution is 7.89. The van der Waals surface area contributed by atoms with E-state index in [0.29, 0.717) is 12.4 Å². The van der Waals surface area contributed by atoms with Crippen LogP contribution in [0.5, 0.6) is 0 Å². The highest BCUT2D eigenvalue weighted by Gasteiger charge is 2.08. The van der Waals surface area contributed by atoms with E-state index in [1.54, 1.807) is 18.2 Å². The second-order valence-corrected chi connectivity index (χ2v) is 5.65. The first kappa shape index (κ1) is 15.4. The van der Waals surface area contributed by atoms with Crippen molar-refractivity contribution in [1.82, 2.24) is 10.3 Å². The van der Waals surface area contributed by atoms with Crippen LogP contribution in [0.25, 0.3) is 0 Å². The molecule has 0 aliphatic heterocycles. The van der Waals surface area contributed by atoms with Crippen molar-refractivity contribution in [2.75, 3.05) is 24.2 Å². The van der Waals surface area contributed by atoms with Crippen LogP contribution in [0.3, 0.4) is 0 Å². The molecular formula is C11H18N4O3S. The van der Waals surface area contributed by atoms with Gasteiger partial charge < -0.3 is 10.6 Å². The smallest absolute Gasteiger partial charge is 0.269 e. The summed E-state index contributed by atoms with van der Waals surface area (Å²) in [6, 6.07) is 5.08. The Morgan fingerprint density at radius 3 is 2.79 bits per heavy atom. The predicted octanol–water partition coefficient (Wildman–Crippen LogP) is -0.0782. The van der Waals surface area contributed by atoms with Gasteiger partial charge in [-0.25, -0.2) is 18.5 Å². The van der Waals surface area contributed by atoms with E-state index in [0.717, 1.165) is 0 Å². The maximum absolute atomic E-state index is 11.7.